The third-order valence-electron chi connectivity index (χ3n) is 1.65. The summed E-state index contributed by atoms with van der Waals surface area (Å²) in [7, 11) is -3.66. The van der Waals surface area contributed by atoms with Gasteiger partial charge in [0.25, 0.3) is 10.1 Å². The van der Waals surface area contributed by atoms with Crippen molar-refractivity contribution in [3.05, 3.63) is 0 Å². The third-order valence-corrected chi connectivity index (χ3v) is 2.38. The zero-order valence-electron chi connectivity index (χ0n) is 9.81. The average molecular weight is 302 g/mol. The molecule has 0 unspecified atom stereocenters. The predicted octanol–water partition coefficient (Wildman–Crippen LogP) is -1.35. The van der Waals surface area contributed by atoms with Gasteiger partial charge in [0, 0.05) is 0 Å². The summed E-state index contributed by atoms with van der Waals surface area (Å²) in [6.45, 7) is 1.37. The molecule has 0 fully saturated rings. The topological polar surface area (TPSA) is 186 Å². The van der Waals surface area contributed by atoms with Gasteiger partial charge in [0.1, 0.15) is 0 Å². The smallest absolute Gasteiger partial charge is 0.336 e. The molecule has 0 saturated carbocycles. The second-order valence-electron chi connectivity index (χ2n) is 3.35. The molecule has 0 spiro atoms. The highest BCUT2D eigenvalue weighted by Gasteiger charge is 2.40. The van der Waals surface area contributed by atoms with Crippen LogP contribution in [0.1, 0.15) is 19.8 Å². The second kappa shape index (κ2) is 7.66. The first-order valence-corrected chi connectivity index (χ1v) is 6.29. The molecule has 0 aliphatic heterocycles. The van der Waals surface area contributed by atoms with Crippen LogP contribution in [0.3, 0.4) is 0 Å². The van der Waals surface area contributed by atoms with Crippen molar-refractivity contribution >= 4 is 28.0 Å². The van der Waals surface area contributed by atoms with Crippen molar-refractivity contribution in [2.24, 2.45) is 0 Å². The maximum absolute atomic E-state index is 10.3. The number of aliphatic carboxylic acids is 3. The van der Waals surface area contributed by atoms with Crippen molar-refractivity contribution < 1.29 is 47.8 Å². The molecular formula is C8H14O10S. The number of aliphatic hydroxyl groups is 1. The van der Waals surface area contributed by atoms with Crippen LogP contribution < -0.4 is 0 Å². The molecule has 0 aromatic heterocycles. The zero-order chi connectivity index (χ0) is 15.9. The molecule has 0 aromatic carbocycles. The van der Waals surface area contributed by atoms with Crippen LogP contribution in [0.25, 0.3) is 0 Å². The van der Waals surface area contributed by atoms with Gasteiger partial charge in [-0.05, 0) is 6.92 Å². The van der Waals surface area contributed by atoms with Gasteiger partial charge in [-0.25, -0.2) is 4.79 Å². The van der Waals surface area contributed by atoms with Crippen molar-refractivity contribution in [2.45, 2.75) is 25.4 Å². The van der Waals surface area contributed by atoms with Crippen LogP contribution in [0, 0.1) is 0 Å². The van der Waals surface area contributed by atoms with Crippen molar-refractivity contribution in [2.75, 3.05) is 5.75 Å². The minimum Gasteiger partial charge on any atom is -0.481 e. The monoisotopic (exact) mass is 302 g/mol. The van der Waals surface area contributed by atoms with E-state index in [1.54, 1.807) is 0 Å². The van der Waals surface area contributed by atoms with Crippen LogP contribution in [0.2, 0.25) is 0 Å². The Kier molecular flexibility index (Phi) is 7.91. The first-order chi connectivity index (χ1) is 8.34. The van der Waals surface area contributed by atoms with Crippen LogP contribution >= 0.6 is 0 Å². The molecule has 0 saturated heterocycles. The molecule has 19 heavy (non-hydrogen) atoms. The Labute approximate surface area is 108 Å². The fraction of sp³-hybridized carbons (Fsp3) is 0.625. The molecule has 0 aliphatic carbocycles. The lowest BCUT2D eigenvalue weighted by Crippen LogP contribution is -2.42. The van der Waals surface area contributed by atoms with Crippen LogP contribution in [-0.4, -0.2) is 62.7 Å². The van der Waals surface area contributed by atoms with Crippen molar-refractivity contribution in [1.82, 2.24) is 0 Å². The minimum absolute atomic E-state index is 0.201. The van der Waals surface area contributed by atoms with E-state index in [-0.39, 0.29) is 5.75 Å². The summed E-state index contributed by atoms with van der Waals surface area (Å²) < 4.78 is 26.9. The number of carbonyl (C=O) groups is 3. The van der Waals surface area contributed by atoms with Crippen LogP contribution in [0.15, 0.2) is 0 Å². The molecule has 0 heterocycles. The van der Waals surface area contributed by atoms with Crippen molar-refractivity contribution in [1.29, 1.82) is 0 Å². The Balaban J connectivity index is 0. The Morgan fingerprint density at radius 2 is 1.26 bits per heavy atom. The normalized spacial score (nSPS) is 11.1. The summed E-state index contributed by atoms with van der Waals surface area (Å²) in [6.07, 6.45) is -2.29. The van der Waals surface area contributed by atoms with E-state index < -0.39 is 46.5 Å². The van der Waals surface area contributed by atoms with Gasteiger partial charge in [0.2, 0.25) is 0 Å². The summed E-state index contributed by atoms with van der Waals surface area (Å²) in [5, 5.41) is 33.8. The quantitative estimate of drug-likeness (QED) is 0.367. The van der Waals surface area contributed by atoms with E-state index in [1.165, 1.54) is 6.92 Å². The second-order valence-corrected chi connectivity index (χ2v) is 5.09. The Morgan fingerprint density at radius 3 is 1.37 bits per heavy atom. The molecule has 10 nitrogen and oxygen atoms in total. The first kappa shape index (κ1) is 19.6. The van der Waals surface area contributed by atoms with E-state index in [2.05, 4.69) is 0 Å². The van der Waals surface area contributed by atoms with Gasteiger partial charge in [0.15, 0.2) is 5.60 Å². The van der Waals surface area contributed by atoms with Gasteiger partial charge < -0.3 is 20.4 Å². The van der Waals surface area contributed by atoms with Gasteiger partial charge in [0.05, 0.1) is 18.6 Å². The Hall–Kier alpha value is -1.72. The molecule has 11 heteroatoms. The van der Waals surface area contributed by atoms with Gasteiger partial charge in [-0.2, -0.15) is 8.42 Å². The lowest BCUT2D eigenvalue weighted by molar-refractivity contribution is -0.170. The zero-order valence-corrected chi connectivity index (χ0v) is 10.6. The lowest BCUT2D eigenvalue weighted by Gasteiger charge is -2.18. The fourth-order valence-electron chi connectivity index (χ4n) is 0.714. The van der Waals surface area contributed by atoms with E-state index in [1.807, 2.05) is 0 Å². The Morgan fingerprint density at radius 1 is 1.00 bits per heavy atom. The van der Waals surface area contributed by atoms with Gasteiger partial charge in [-0.1, -0.05) is 0 Å². The summed E-state index contributed by atoms with van der Waals surface area (Å²) in [6, 6.07) is 0. The largest absolute Gasteiger partial charge is 0.481 e. The van der Waals surface area contributed by atoms with E-state index in [0.717, 1.165) is 0 Å². The number of hydrogen-bond acceptors (Lipinski definition) is 6. The number of carboxylic acid groups (broad SMARTS) is 3. The average Bonchev–Trinajstić information content (AvgIpc) is 2.14. The van der Waals surface area contributed by atoms with Crippen molar-refractivity contribution in [3.63, 3.8) is 0 Å². The van der Waals surface area contributed by atoms with Crippen LogP contribution in [0.4, 0.5) is 0 Å². The lowest BCUT2D eigenvalue weighted by atomic mass is 9.96. The van der Waals surface area contributed by atoms with Crippen molar-refractivity contribution in [3.8, 4) is 0 Å². The molecule has 0 amide bonds. The van der Waals surface area contributed by atoms with E-state index in [9.17, 15) is 22.8 Å². The highest BCUT2D eigenvalue weighted by atomic mass is 32.2. The van der Waals surface area contributed by atoms with E-state index in [4.69, 9.17) is 25.0 Å². The maximum Gasteiger partial charge on any atom is 0.336 e. The SMILES string of the molecule is CCS(=O)(=O)O.O=C(O)CC(O)(CC(=O)O)C(=O)O. The molecule has 0 atom stereocenters. The maximum atomic E-state index is 10.3. The summed E-state index contributed by atoms with van der Waals surface area (Å²) in [5.41, 5.74) is -2.74. The van der Waals surface area contributed by atoms with Crippen LogP contribution in [0.5, 0.6) is 0 Å². The first-order valence-electron chi connectivity index (χ1n) is 4.68. The molecule has 112 valence electrons. The van der Waals surface area contributed by atoms with E-state index >= 15 is 0 Å². The minimum atomic E-state index is -3.66. The summed E-state index contributed by atoms with van der Waals surface area (Å²) >= 11 is 0. The number of rotatable bonds is 6. The molecule has 5 N–H and O–H groups in total. The Bertz CT molecular complexity index is 420. The predicted molar refractivity (Wildman–Crippen MR) is 59.2 cm³/mol. The van der Waals surface area contributed by atoms with Gasteiger partial charge in [-0.3, -0.25) is 14.1 Å². The van der Waals surface area contributed by atoms with Crippen LogP contribution in [-0.2, 0) is 24.5 Å². The van der Waals surface area contributed by atoms with Gasteiger partial charge >= 0.3 is 17.9 Å². The molecule has 0 aromatic rings. The third kappa shape index (κ3) is 11.1. The summed E-state index contributed by atoms with van der Waals surface area (Å²) in [4.78, 5) is 30.5. The number of carboxylic acids is 3. The fourth-order valence-corrected chi connectivity index (χ4v) is 0.714. The molecule has 0 rings (SSSR count). The molecule has 0 aliphatic rings. The van der Waals surface area contributed by atoms with Gasteiger partial charge in [-0.15, -0.1) is 0 Å². The highest BCUT2D eigenvalue weighted by molar-refractivity contribution is 7.85. The highest BCUT2D eigenvalue weighted by Crippen LogP contribution is 2.15. The molecule has 0 bridgehead atoms. The summed E-state index contributed by atoms with van der Waals surface area (Å²) in [5.74, 6) is -5.22. The number of hydrogen-bond donors (Lipinski definition) is 5. The molecule has 0 radical (unpaired) electrons. The standard InChI is InChI=1S/C6H8O7.C2H6O3S/c7-3(8)1-6(13,5(11)12)2-4(9)10;1-2-6(3,4)5/h13H,1-2H2,(H,7,8)(H,9,10)(H,11,12);2H2,1H3,(H,3,4,5). The molecular weight excluding hydrogens is 288 g/mol. The van der Waals surface area contributed by atoms with E-state index in [0.29, 0.717) is 0 Å².